The van der Waals surface area contributed by atoms with E-state index in [1.54, 1.807) is 0 Å². The third-order valence-corrected chi connectivity index (χ3v) is 4.87. The van der Waals surface area contributed by atoms with Crippen LogP contribution < -0.4 is 5.32 Å². The molecule has 0 saturated heterocycles. The van der Waals surface area contributed by atoms with Crippen molar-refractivity contribution in [2.24, 2.45) is 0 Å². The van der Waals surface area contributed by atoms with Crippen LogP contribution in [0.2, 0.25) is 0 Å². The average Bonchev–Trinajstić information content (AvgIpc) is 2.97. The molecule has 0 amide bonds. The molecule has 0 saturated carbocycles. The van der Waals surface area contributed by atoms with Crippen LogP contribution in [0.25, 0.3) is 10.9 Å². The normalized spacial score (nSPS) is 12.5. The SMILES string of the molecule is CCc1ccc(C(C)Nc2cccc3cccnc23)s1. The van der Waals surface area contributed by atoms with E-state index in [0.29, 0.717) is 6.04 Å². The second-order valence-corrected chi connectivity index (χ2v) is 6.10. The number of rotatable bonds is 4. The van der Waals surface area contributed by atoms with Gasteiger partial charge in [0.25, 0.3) is 0 Å². The summed E-state index contributed by atoms with van der Waals surface area (Å²) in [5, 5.41) is 4.76. The summed E-state index contributed by atoms with van der Waals surface area (Å²) < 4.78 is 0. The lowest BCUT2D eigenvalue weighted by molar-refractivity contribution is 0.909. The zero-order chi connectivity index (χ0) is 13.9. The molecule has 3 rings (SSSR count). The number of thiophene rings is 1. The Kier molecular flexibility index (Phi) is 3.70. The first-order chi connectivity index (χ1) is 9.78. The number of hydrogen-bond donors (Lipinski definition) is 1. The fraction of sp³-hybridized carbons (Fsp3) is 0.235. The van der Waals surface area contributed by atoms with Gasteiger partial charge in [-0.25, -0.2) is 0 Å². The Morgan fingerprint density at radius 2 is 2.00 bits per heavy atom. The molecule has 0 aliphatic carbocycles. The maximum atomic E-state index is 4.49. The van der Waals surface area contributed by atoms with Crippen LogP contribution in [0, 0.1) is 0 Å². The lowest BCUT2D eigenvalue weighted by Gasteiger charge is -2.15. The van der Waals surface area contributed by atoms with E-state index in [1.807, 2.05) is 23.6 Å². The second kappa shape index (κ2) is 5.63. The van der Waals surface area contributed by atoms with Crippen LogP contribution in [0.5, 0.6) is 0 Å². The third kappa shape index (κ3) is 2.54. The third-order valence-electron chi connectivity index (χ3n) is 3.46. The van der Waals surface area contributed by atoms with Crippen LogP contribution in [0.4, 0.5) is 5.69 Å². The zero-order valence-electron chi connectivity index (χ0n) is 11.8. The lowest BCUT2D eigenvalue weighted by atomic mass is 10.1. The number of para-hydroxylation sites is 1. The molecule has 1 atom stereocenters. The van der Waals surface area contributed by atoms with Gasteiger partial charge >= 0.3 is 0 Å². The van der Waals surface area contributed by atoms with Crippen molar-refractivity contribution in [3.05, 3.63) is 58.4 Å². The summed E-state index contributed by atoms with van der Waals surface area (Å²) in [6, 6.07) is 15.1. The van der Waals surface area contributed by atoms with Gasteiger partial charge in [-0.2, -0.15) is 0 Å². The largest absolute Gasteiger partial charge is 0.376 e. The van der Waals surface area contributed by atoms with Gasteiger partial charge in [-0.05, 0) is 37.6 Å². The highest BCUT2D eigenvalue weighted by molar-refractivity contribution is 7.12. The first-order valence-corrected chi connectivity index (χ1v) is 7.78. The summed E-state index contributed by atoms with van der Waals surface area (Å²) >= 11 is 1.88. The van der Waals surface area contributed by atoms with Crippen molar-refractivity contribution in [3.63, 3.8) is 0 Å². The van der Waals surface area contributed by atoms with Crippen molar-refractivity contribution < 1.29 is 0 Å². The Bertz CT molecular complexity index is 712. The molecule has 2 nitrogen and oxygen atoms in total. The van der Waals surface area contributed by atoms with Gasteiger partial charge in [-0.15, -0.1) is 11.3 Å². The number of fused-ring (bicyclic) bond motifs is 1. The maximum absolute atomic E-state index is 4.49. The standard InChI is InChI=1S/C17H18N2S/c1-3-14-9-10-16(20-14)12(2)19-15-8-4-6-13-7-5-11-18-17(13)15/h4-12,19H,3H2,1-2H3. The van der Waals surface area contributed by atoms with Crippen LogP contribution in [0.15, 0.2) is 48.7 Å². The van der Waals surface area contributed by atoms with Crippen molar-refractivity contribution in [2.45, 2.75) is 26.3 Å². The summed E-state index contributed by atoms with van der Waals surface area (Å²) in [6.07, 6.45) is 2.95. The molecular weight excluding hydrogens is 264 g/mol. The quantitative estimate of drug-likeness (QED) is 0.725. The maximum Gasteiger partial charge on any atom is 0.0933 e. The average molecular weight is 282 g/mol. The lowest BCUT2D eigenvalue weighted by Crippen LogP contribution is -2.05. The monoisotopic (exact) mass is 282 g/mol. The Balaban J connectivity index is 1.89. The van der Waals surface area contributed by atoms with Gasteiger partial charge in [0.15, 0.2) is 0 Å². The molecule has 2 heterocycles. The molecule has 2 aromatic heterocycles. The number of nitrogens with one attached hydrogen (secondary N) is 1. The van der Waals surface area contributed by atoms with Gasteiger partial charge < -0.3 is 5.32 Å². The van der Waals surface area contributed by atoms with Crippen LogP contribution in [0.1, 0.15) is 29.6 Å². The van der Waals surface area contributed by atoms with Crippen molar-refractivity contribution >= 4 is 27.9 Å². The van der Waals surface area contributed by atoms with Crippen molar-refractivity contribution in [2.75, 3.05) is 5.32 Å². The van der Waals surface area contributed by atoms with E-state index in [0.717, 1.165) is 17.6 Å². The molecule has 0 bridgehead atoms. The highest BCUT2D eigenvalue weighted by Gasteiger charge is 2.10. The minimum absolute atomic E-state index is 0.299. The summed E-state index contributed by atoms with van der Waals surface area (Å²) in [4.78, 5) is 7.30. The first-order valence-electron chi connectivity index (χ1n) is 6.97. The second-order valence-electron chi connectivity index (χ2n) is 4.90. The van der Waals surface area contributed by atoms with Crippen molar-refractivity contribution in [1.29, 1.82) is 0 Å². The summed E-state index contributed by atoms with van der Waals surface area (Å²) in [5.41, 5.74) is 2.14. The number of nitrogens with zero attached hydrogens (tertiary/aromatic N) is 1. The molecule has 0 aliphatic rings. The molecule has 1 N–H and O–H groups in total. The first kappa shape index (κ1) is 13.1. The summed E-state index contributed by atoms with van der Waals surface area (Å²) in [6.45, 7) is 4.40. The minimum Gasteiger partial charge on any atom is -0.376 e. The minimum atomic E-state index is 0.299. The Hall–Kier alpha value is -1.87. The van der Waals surface area contributed by atoms with E-state index in [1.165, 1.54) is 15.1 Å². The van der Waals surface area contributed by atoms with Crippen molar-refractivity contribution in [1.82, 2.24) is 4.98 Å². The Morgan fingerprint density at radius 3 is 2.80 bits per heavy atom. The predicted octanol–water partition coefficient (Wildman–Crippen LogP) is 5.03. The zero-order valence-corrected chi connectivity index (χ0v) is 12.6. The van der Waals surface area contributed by atoms with E-state index in [4.69, 9.17) is 0 Å². The Morgan fingerprint density at radius 1 is 1.15 bits per heavy atom. The molecule has 102 valence electrons. The van der Waals surface area contributed by atoms with E-state index < -0.39 is 0 Å². The van der Waals surface area contributed by atoms with Gasteiger partial charge in [0, 0.05) is 21.3 Å². The number of aromatic nitrogens is 1. The van der Waals surface area contributed by atoms with Gasteiger partial charge in [0.1, 0.15) is 0 Å². The van der Waals surface area contributed by atoms with Gasteiger partial charge in [-0.1, -0.05) is 25.1 Å². The van der Waals surface area contributed by atoms with Crippen LogP contribution in [-0.4, -0.2) is 4.98 Å². The number of anilines is 1. The molecule has 3 aromatic rings. The van der Waals surface area contributed by atoms with Crippen LogP contribution in [-0.2, 0) is 6.42 Å². The molecule has 0 fully saturated rings. The van der Waals surface area contributed by atoms with Crippen molar-refractivity contribution in [3.8, 4) is 0 Å². The smallest absolute Gasteiger partial charge is 0.0933 e. The summed E-state index contributed by atoms with van der Waals surface area (Å²) in [5.74, 6) is 0. The van der Waals surface area contributed by atoms with Crippen LogP contribution in [0.3, 0.4) is 0 Å². The number of pyridine rings is 1. The van der Waals surface area contributed by atoms with E-state index in [2.05, 4.69) is 60.5 Å². The molecule has 1 aromatic carbocycles. The van der Waals surface area contributed by atoms with Gasteiger partial charge in [-0.3, -0.25) is 4.98 Å². The molecule has 1 unspecified atom stereocenters. The van der Waals surface area contributed by atoms with Gasteiger partial charge in [0.2, 0.25) is 0 Å². The fourth-order valence-corrected chi connectivity index (χ4v) is 3.30. The van der Waals surface area contributed by atoms with Gasteiger partial charge in [0.05, 0.1) is 17.2 Å². The molecule has 20 heavy (non-hydrogen) atoms. The molecule has 0 spiro atoms. The number of aryl methyl sites for hydroxylation is 1. The molecular formula is C17H18N2S. The molecule has 3 heteroatoms. The highest BCUT2D eigenvalue weighted by Crippen LogP contribution is 2.29. The summed E-state index contributed by atoms with van der Waals surface area (Å²) in [7, 11) is 0. The van der Waals surface area contributed by atoms with E-state index >= 15 is 0 Å². The topological polar surface area (TPSA) is 24.9 Å². The molecule has 0 radical (unpaired) electrons. The number of benzene rings is 1. The highest BCUT2D eigenvalue weighted by atomic mass is 32.1. The predicted molar refractivity (Wildman–Crippen MR) is 87.5 cm³/mol. The fourth-order valence-electron chi connectivity index (χ4n) is 2.34. The van der Waals surface area contributed by atoms with E-state index in [-0.39, 0.29) is 0 Å². The molecule has 0 aliphatic heterocycles. The number of hydrogen-bond acceptors (Lipinski definition) is 3. The van der Waals surface area contributed by atoms with Crippen LogP contribution >= 0.6 is 11.3 Å². The van der Waals surface area contributed by atoms with E-state index in [9.17, 15) is 0 Å². The Labute approximate surface area is 123 Å².